The topological polar surface area (TPSA) is 70.2 Å². The Bertz CT molecular complexity index is 630. The van der Waals surface area contributed by atoms with E-state index in [9.17, 15) is 10.1 Å². The van der Waals surface area contributed by atoms with Crippen LogP contribution in [0.3, 0.4) is 0 Å². The highest BCUT2D eigenvalue weighted by Gasteiger charge is 2.16. The van der Waals surface area contributed by atoms with Crippen molar-refractivity contribution in [3.63, 3.8) is 0 Å². The van der Waals surface area contributed by atoms with Gasteiger partial charge in [0.15, 0.2) is 6.61 Å². The quantitative estimate of drug-likeness (QED) is 0.377. The molecule has 0 fully saturated rings. The number of nitro groups is 1. The molecule has 0 atom stereocenters. The molecule has 0 amide bonds. The molecule has 0 aliphatic heterocycles. The number of benzene rings is 1. The van der Waals surface area contributed by atoms with Crippen molar-refractivity contribution in [3.8, 4) is 5.75 Å². The Hall–Kier alpha value is -1.29. The number of ether oxygens (including phenoxy) is 1. The van der Waals surface area contributed by atoms with E-state index in [0.717, 1.165) is 8.47 Å². The van der Waals surface area contributed by atoms with Gasteiger partial charge in [0.25, 0.3) is 0 Å². The molecular weight excluding hydrogens is 381 g/mol. The average Bonchev–Trinajstić information content (AvgIpc) is 2.72. The summed E-state index contributed by atoms with van der Waals surface area (Å²) in [5, 5.41) is 10.7. The van der Waals surface area contributed by atoms with E-state index in [1.807, 2.05) is 12.1 Å². The lowest BCUT2D eigenvalue weighted by Gasteiger charge is -2.05. The Balaban J connectivity index is 2.10. The van der Waals surface area contributed by atoms with Gasteiger partial charge in [-0.15, -0.1) is 12.6 Å². The Morgan fingerprint density at radius 2 is 2.32 bits per heavy atom. The number of halogens is 1. The van der Waals surface area contributed by atoms with Crippen molar-refractivity contribution >= 4 is 41.0 Å². The molecule has 0 saturated heterocycles. The smallest absolute Gasteiger partial charge is 0.342 e. The van der Waals surface area contributed by atoms with Crippen LogP contribution in [0.4, 0.5) is 5.82 Å². The molecule has 0 aliphatic rings. The highest BCUT2D eigenvalue weighted by Crippen LogP contribution is 2.23. The largest absolute Gasteiger partial charge is 0.483 e. The maximum absolute atomic E-state index is 10.7. The van der Waals surface area contributed by atoms with E-state index in [1.165, 1.54) is 10.8 Å². The van der Waals surface area contributed by atoms with E-state index >= 15 is 0 Å². The molecule has 2 rings (SSSR count). The van der Waals surface area contributed by atoms with Crippen molar-refractivity contribution in [1.29, 1.82) is 0 Å². The van der Waals surface area contributed by atoms with Gasteiger partial charge in [-0.25, -0.2) is 9.55 Å². The monoisotopic (exact) mass is 391 g/mol. The van der Waals surface area contributed by atoms with Gasteiger partial charge in [-0.1, -0.05) is 0 Å². The first-order valence-corrected chi connectivity index (χ1v) is 6.78. The van der Waals surface area contributed by atoms with E-state index in [1.54, 1.807) is 13.1 Å². The first-order valence-electron chi connectivity index (χ1n) is 5.25. The normalized spacial score (nSPS) is 10.5. The number of nitrogens with zero attached hydrogens (tertiary/aromatic N) is 3. The molecule has 6 nitrogen and oxygen atoms in total. The zero-order chi connectivity index (χ0) is 14.0. The van der Waals surface area contributed by atoms with Gasteiger partial charge in [-0.3, -0.25) is 0 Å². The lowest BCUT2D eigenvalue weighted by Crippen LogP contribution is -2.05. The standard InChI is InChI=1S/C11H10IN3O3S/c1-14-10(13-5-11(14)15(16)17)6-18-7-2-3-9(19)8(12)4-7/h2-5,19H,6H2,1H3. The van der Waals surface area contributed by atoms with Crippen molar-refractivity contribution in [3.05, 3.63) is 43.9 Å². The fourth-order valence-corrected chi connectivity index (χ4v) is 2.09. The fourth-order valence-electron chi connectivity index (χ4n) is 1.47. The van der Waals surface area contributed by atoms with Crippen LogP contribution in [0.5, 0.6) is 5.75 Å². The maximum atomic E-state index is 10.7. The van der Waals surface area contributed by atoms with Crippen LogP contribution < -0.4 is 4.74 Å². The third-order valence-corrected chi connectivity index (χ3v) is 4.24. The van der Waals surface area contributed by atoms with Gasteiger partial charge < -0.3 is 14.9 Å². The van der Waals surface area contributed by atoms with Crippen molar-refractivity contribution in [1.82, 2.24) is 9.55 Å². The molecule has 0 bridgehead atoms. The predicted octanol–water partition coefficient (Wildman–Crippen LogP) is 2.80. The van der Waals surface area contributed by atoms with Gasteiger partial charge in [0.2, 0.25) is 5.82 Å². The van der Waals surface area contributed by atoms with Gasteiger partial charge >= 0.3 is 5.82 Å². The van der Waals surface area contributed by atoms with Crippen LogP contribution in [-0.4, -0.2) is 14.5 Å². The minimum atomic E-state index is -0.477. The van der Waals surface area contributed by atoms with Crippen LogP contribution in [0.1, 0.15) is 5.82 Å². The molecule has 0 spiro atoms. The molecule has 0 N–H and O–H groups in total. The number of hydrogen-bond acceptors (Lipinski definition) is 5. The van der Waals surface area contributed by atoms with Crippen LogP contribution in [0.15, 0.2) is 29.3 Å². The number of thiol groups is 1. The SMILES string of the molecule is Cn1c([N+](=O)[O-])cnc1COc1ccc(S)c(I)c1. The Kier molecular flexibility index (Phi) is 4.30. The second-order valence-electron chi connectivity index (χ2n) is 3.75. The zero-order valence-electron chi connectivity index (χ0n) is 9.91. The third-order valence-electron chi connectivity index (χ3n) is 2.53. The lowest BCUT2D eigenvalue weighted by atomic mass is 10.3. The van der Waals surface area contributed by atoms with Crippen LogP contribution in [0.2, 0.25) is 0 Å². The van der Waals surface area contributed by atoms with E-state index in [0.29, 0.717) is 11.6 Å². The fraction of sp³-hybridized carbons (Fsp3) is 0.182. The van der Waals surface area contributed by atoms with Crippen molar-refractivity contribution in [2.75, 3.05) is 0 Å². The van der Waals surface area contributed by atoms with E-state index in [4.69, 9.17) is 4.74 Å². The highest BCUT2D eigenvalue weighted by atomic mass is 127. The Labute approximate surface area is 128 Å². The summed E-state index contributed by atoms with van der Waals surface area (Å²) in [4.78, 5) is 15.1. The van der Waals surface area contributed by atoms with Crippen molar-refractivity contribution < 1.29 is 9.66 Å². The van der Waals surface area contributed by atoms with Crippen molar-refractivity contribution in [2.45, 2.75) is 11.5 Å². The number of aromatic nitrogens is 2. The summed E-state index contributed by atoms with van der Waals surface area (Å²) in [6, 6.07) is 5.48. The maximum Gasteiger partial charge on any atom is 0.342 e. The van der Waals surface area contributed by atoms with Gasteiger partial charge in [0.05, 0.1) is 7.05 Å². The Morgan fingerprint density at radius 3 is 2.89 bits per heavy atom. The summed E-state index contributed by atoms with van der Waals surface area (Å²) in [5.74, 6) is 1.11. The molecule has 1 aromatic carbocycles. The van der Waals surface area contributed by atoms with E-state index < -0.39 is 4.92 Å². The molecule has 1 heterocycles. The van der Waals surface area contributed by atoms with Gasteiger partial charge in [-0.2, -0.15) is 0 Å². The van der Waals surface area contributed by atoms with Crippen LogP contribution in [0.25, 0.3) is 0 Å². The zero-order valence-corrected chi connectivity index (χ0v) is 13.0. The highest BCUT2D eigenvalue weighted by molar-refractivity contribution is 14.1. The second kappa shape index (κ2) is 5.78. The van der Waals surface area contributed by atoms with Crippen molar-refractivity contribution in [2.24, 2.45) is 7.05 Å². The van der Waals surface area contributed by atoms with E-state index in [2.05, 4.69) is 40.2 Å². The number of imidazole rings is 1. The molecule has 0 aliphatic carbocycles. The van der Waals surface area contributed by atoms with Gasteiger partial charge in [-0.05, 0) is 45.7 Å². The summed E-state index contributed by atoms with van der Waals surface area (Å²) >= 11 is 6.43. The summed E-state index contributed by atoms with van der Waals surface area (Å²) in [6.45, 7) is 0.173. The summed E-state index contributed by atoms with van der Waals surface area (Å²) in [6.07, 6.45) is 1.22. The molecule has 1 aromatic heterocycles. The molecule has 100 valence electrons. The predicted molar refractivity (Wildman–Crippen MR) is 80.6 cm³/mol. The molecular formula is C11H10IN3O3S. The molecule has 8 heteroatoms. The minimum absolute atomic E-state index is 0.0566. The summed E-state index contributed by atoms with van der Waals surface area (Å²) < 4.78 is 7.93. The lowest BCUT2D eigenvalue weighted by molar-refractivity contribution is -0.391. The Morgan fingerprint density at radius 1 is 1.58 bits per heavy atom. The third kappa shape index (κ3) is 3.18. The van der Waals surface area contributed by atoms with Crippen LogP contribution >= 0.6 is 35.2 Å². The molecule has 2 aromatic rings. The van der Waals surface area contributed by atoms with Gasteiger partial charge in [0, 0.05) is 8.47 Å². The number of rotatable bonds is 4. The molecule has 0 radical (unpaired) electrons. The summed E-state index contributed by atoms with van der Waals surface area (Å²) in [7, 11) is 1.59. The number of hydrogen-bond donors (Lipinski definition) is 1. The first kappa shape index (κ1) is 14.1. The van der Waals surface area contributed by atoms with Crippen LogP contribution in [0, 0.1) is 13.7 Å². The average molecular weight is 391 g/mol. The van der Waals surface area contributed by atoms with E-state index in [-0.39, 0.29) is 12.4 Å². The van der Waals surface area contributed by atoms with Crippen LogP contribution in [-0.2, 0) is 13.7 Å². The molecule has 19 heavy (non-hydrogen) atoms. The first-order chi connectivity index (χ1) is 8.99. The molecule has 0 saturated carbocycles. The minimum Gasteiger partial charge on any atom is -0.483 e. The second-order valence-corrected chi connectivity index (χ2v) is 5.39. The molecule has 0 unspecified atom stereocenters. The van der Waals surface area contributed by atoms with Gasteiger partial charge in [0.1, 0.15) is 11.9 Å². The summed E-state index contributed by atoms with van der Waals surface area (Å²) in [5.41, 5.74) is 0.